The van der Waals surface area contributed by atoms with E-state index in [-0.39, 0.29) is 10.6 Å². The van der Waals surface area contributed by atoms with Gasteiger partial charge in [-0.1, -0.05) is 53.7 Å². The third-order valence-electron chi connectivity index (χ3n) is 6.55. The predicted molar refractivity (Wildman–Crippen MR) is 145 cm³/mol. The molecular formula is C30H25N3O4. The second-order valence-corrected chi connectivity index (χ2v) is 9.03. The molecule has 7 nitrogen and oxygen atoms in total. The number of nitrogens with zero attached hydrogens (tertiary/aromatic N) is 3. The van der Waals surface area contributed by atoms with E-state index in [1.165, 1.54) is 13.0 Å². The summed E-state index contributed by atoms with van der Waals surface area (Å²) in [5.74, 6) is -0.476. The molecule has 0 aliphatic heterocycles. The van der Waals surface area contributed by atoms with E-state index in [0.29, 0.717) is 12.1 Å². The molecule has 0 N–H and O–H groups in total. The van der Waals surface area contributed by atoms with Crippen LogP contribution in [-0.4, -0.2) is 21.2 Å². The average Bonchev–Trinajstić information content (AvgIpc) is 3.21. The Kier molecular flexibility index (Phi) is 6.27. The zero-order valence-corrected chi connectivity index (χ0v) is 20.8. The van der Waals surface area contributed by atoms with Crippen LogP contribution in [0.3, 0.4) is 0 Å². The molecule has 0 bridgehead atoms. The molecule has 0 aliphatic carbocycles. The average molecular weight is 492 g/mol. The first kappa shape index (κ1) is 23.9. The molecule has 184 valence electrons. The second-order valence-electron chi connectivity index (χ2n) is 9.03. The van der Waals surface area contributed by atoms with E-state index in [9.17, 15) is 14.9 Å². The van der Waals surface area contributed by atoms with Crippen LogP contribution in [0.4, 0.5) is 5.69 Å². The highest BCUT2D eigenvalue weighted by atomic mass is 16.7. The number of benzene rings is 4. The molecule has 0 fully saturated rings. The lowest BCUT2D eigenvalue weighted by atomic mass is 9.96. The fourth-order valence-electron chi connectivity index (χ4n) is 4.75. The molecule has 0 atom stereocenters. The third-order valence-corrected chi connectivity index (χ3v) is 6.55. The van der Waals surface area contributed by atoms with E-state index < -0.39 is 5.97 Å². The lowest BCUT2D eigenvalue weighted by Gasteiger charge is -2.14. The van der Waals surface area contributed by atoms with Gasteiger partial charge in [-0.2, -0.15) is 0 Å². The van der Waals surface area contributed by atoms with Crippen molar-refractivity contribution in [3.8, 4) is 5.69 Å². The number of nitro benzene ring substituents is 1. The Labute approximate surface area is 213 Å². The summed E-state index contributed by atoms with van der Waals surface area (Å²) in [6, 6.07) is 26.9. The van der Waals surface area contributed by atoms with Crippen molar-refractivity contribution >= 4 is 39.2 Å². The van der Waals surface area contributed by atoms with Crippen molar-refractivity contribution in [1.29, 1.82) is 0 Å². The van der Waals surface area contributed by atoms with Crippen LogP contribution in [0.2, 0.25) is 0 Å². The minimum absolute atomic E-state index is 0.0597. The number of oxime groups is 1. The fourth-order valence-corrected chi connectivity index (χ4v) is 4.75. The highest BCUT2D eigenvalue weighted by Gasteiger charge is 2.17. The molecule has 5 aromatic rings. The van der Waals surface area contributed by atoms with Gasteiger partial charge in [-0.05, 0) is 54.8 Å². The molecule has 0 spiro atoms. The molecule has 0 aliphatic rings. The van der Waals surface area contributed by atoms with Crippen LogP contribution in [-0.2, 0) is 16.1 Å². The zero-order valence-electron chi connectivity index (χ0n) is 20.8. The second kappa shape index (κ2) is 9.70. The van der Waals surface area contributed by atoms with Gasteiger partial charge in [-0.3, -0.25) is 10.1 Å². The van der Waals surface area contributed by atoms with Gasteiger partial charge in [0.25, 0.3) is 5.69 Å². The maximum atomic E-state index is 11.5. The first-order valence-electron chi connectivity index (χ1n) is 11.9. The first-order chi connectivity index (χ1) is 17.8. The summed E-state index contributed by atoms with van der Waals surface area (Å²) in [6.07, 6.45) is 0.513. The summed E-state index contributed by atoms with van der Waals surface area (Å²) in [5, 5.41) is 17.4. The van der Waals surface area contributed by atoms with E-state index in [0.717, 1.165) is 49.7 Å². The molecule has 1 heterocycles. The number of hydrogen-bond donors (Lipinski definition) is 0. The van der Waals surface area contributed by atoms with E-state index in [2.05, 4.69) is 15.8 Å². The number of non-ortho nitro benzene ring substituents is 1. The largest absolute Gasteiger partial charge is 0.331 e. The first-order valence-corrected chi connectivity index (χ1v) is 11.9. The Morgan fingerprint density at radius 1 is 0.892 bits per heavy atom. The monoisotopic (exact) mass is 491 g/mol. The molecule has 0 unspecified atom stereocenters. The predicted octanol–water partition coefficient (Wildman–Crippen LogP) is 6.82. The van der Waals surface area contributed by atoms with Gasteiger partial charge in [0.2, 0.25) is 0 Å². The van der Waals surface area contributed by atoms with Crippen molar-refractivity contribution in [2.24, 2.45) is 5.16 Å². The highest BCUT2D eigenvalue weighted by Crippen LogP contribution is 2.34. The Bertz CT molecular complexity index is 1720. The molecule has 0 radical (unpaired) electrons. The van der Waals surface area contributed by atoms with Crippen LogP contribution in [0, 0.1) is 24.0 Å². The minimum atomic E-state index is -0.476. The fraction of sp³-hybridized carbons (Fsp3) is 0.133. The lowest BCUT2D eigenvalue weighted by molar-refractivity contribution is -0.384. The van der Waals surface area contributed by atoms with Crippen LogP contribution in [0.1, 0.15) is 29.2 Å². The van der Waals surface area contributed by atoms with Gasteiger partial charge in [-0.25, -0.2) is 4.79 Å². The van der Waals surface area contributed by atoms with Crippen LogP contribution < -0.4 is 0 Å². The number of hydrogen-bond acceptors (Lipinski definition) is 5. The zero-order chi connectivity index (χ0) is 26.1. The standard InChI is InChI=1S/C30H25N3O4/c1-19-8-4-5-9-22(19)17-28(31-37-21(3)34)25-14-12-23(16-20(25)2)32-29-11-7-6-10-26(29)27-18-24(33(35)36)13-15-30(27)32/h4-16,18H,17H2,1-3H3/b31-28-. The number of fused-ring (bicyclic) bond motifs is 3. The number of aryl methyl sites for hydroxylation is 2. The molecule has 0 saturated carbocycles. The Hall–Kier alpha value is -4.78. The van der Waals surface area contributed by atoms with E-state index in [1.807, 2.05) is 74.5 Å². The van der Waals surface area contributed by atoms with Gasteiger partial charge in [-0.15, -0.1) is 0 Å². The number of carbonyl (C=O) groups is 1. The number of carbonyl (C=O) groups excluding carboxylic acids is 1. The number of aromatic nitrogens is 1. The van der Waals surface area contributed by atoms with Crippen molar-refractivity contribution in [3.63, 3.8) is 0 Å². The molecular weight excluding hydrogens is 466 g/mol. The number of rotatable bonds is 6. The van der Waals surface area contributed by atoms with E-state index in [4.69, 9.17) is 4.84 Å². The summed E-state index contributed by atoms with van der Waals surface area (Å²) < 4.78 is 2.11. The topological polar surface area (TPSA) is 86.7 Å². The SMILES string of the molecule is CC(=O)O/N=C(/Cc1ccccc1C)c1ccc(-n2c3ccccc3c3cc([N+](=O)[O-])ccc32)cc1C. The third kappa shape index (κ3) is 4.59. The number of nitro groups is 1. The Morgan fingerprint density at radius 2 is 1.62 bits per heavy atom. The quantitative estimate of drug-likeness (QED) is 0.113. The highest BCUT2D eigenvalue weighted by molar-refractivity contribution is 6.10. The van der Waals surface area contributed by atoms with Gasteiger partial charge in [0.15, 0.2) is 0 Å². The summed E-state index contributed by atoms with van der Waals surface area (Å²) in [5.41, 5.74) is 7.55. The van der Waals surface area contributed by atoms with Gasteiger partial charge in [0.1, 0.15) is 0 Å². The molecule has 0 amide bonds. The van der Waals surface area contributed by atoms with Gasteiger partial charge in [0, 0.05) is 47.5 Å². The van der Waals surface area contributed by atoms with E-state index in [1.54, 1.807) is 12.1 Å². The van der Waals surface area contributed by atoms with Crippen molar-refractivity contribution < 1.29 is 14.6 Å². The van der Waals surface area contributed by atoms with Crippen molar-refractivity contribution in [2.45, 2.75) is 27.2 Å². The van der Waals surface area contributed by atoms with Crippen LogP contribution in [0.25, 0.3) is 27.5 Å². The number of para-hydroxylation sites is 1. The summed E-state index contributed by atoms with van der Waals surface area (Å²) in [4.78, 5) is 27.6. The van der Waals surface area contributed by atoms with Gasteiger partial charge < -0.3 is 9.40 Å². The normalized spacial score (nSPS) is 11.7. The van der Waals surface area contributed by atoms with Gasteiger partial charge in [0.05, 0.1) is 21.7 Å². The summed E-state index contributed by atoms with van der Waals surface area (Å²) in [6.45, 7) is 5.37. The van der Waals surface area contributed by atoms with Crippen LogP contribution in [0.15, 0.2) is 90.1 Å². The molecule has 4 aromatic carbocycles. The Morgan fingerprint density at radius 3 is 2.35 bits per heavy atom. The maximum Gasteiger partial charge on any atom is 0.331 e. The maximum absolute atomic E-state index is 11.5. The van der Waals surface area contributed by atoms with E-state index >= 15 is 0 Å². The lowest BCUT2D eigenvalue weighted by Crippen LogP contribution is -2.11. The summed E-state index contributed by atoms with van der Waals surface area (Å²) >= 11 is 0. The smallest absolute Gasteiger partial charge is 0.318 e. The minimum Gasteiger partial charge on any atom is -0.318 e. The molecule has 7 heteroatoms. The Balaban J connectivity index is 1.64. The van der Waals surface area contributed by atoms with Crippen molar-refractivity contribution in [2.75, 3.05) is 0 Å². The molecule has 37 heavy (non-hydrogen) atoms. The van der Waals surface area contributed by atoms with Crippen LogP contribution >= 0.6 is 0 Å². The van der Waals surface area contributed by atoms with Gasteiger partial charge >= 0.3 is 5.97 Å². The van der Waals surface area contributed by atoms with Crippen molar-refractivity contribution in [1.82, 2.24) is 4.57 Å². The molecule has 5 rings (SSSR count). The summed E-state index contributed by atoms with van der Waals surface area (Å²) in [7, 11) is 0. The molecule has 1 aromatic heterocycles. The van der Waals surface area contributed by atoms with Crippen LogP contribution in [0.5, 0.6) is 0 Å². The molecule has 0 saturated heterocycles. The van der Waals surface area contributed by atoms with Crippen molar-refractivity contribution in [3.05, 3.63) is 117 Å².